The molecule has 0 spiro atoms. The molecular formula is C13H21NO3. The molecule has 17 heavy (non-hydrogen) atoms. The highest BCUT2D eigenvalue weighted by Gasteiger charge is 2.38. The van der Waals surface area contributed by atoms with Gasteiger partial charge < -0.3 is 4.74 Å². The molecule has 1 saturated carbocycles. The first-order valence-corrected chi connectivity index (χ1v) is 5.93. The number of hydrogen-bond acceptors (Lipinski definition) is 4. The van der Waals surface area contributed by atoms with Gasteiger partial charge in [-0.25, -0.2) is 0 Å². The van der Waals surface area contributed by atoms with E-state index < -0.39 is 5.92 Å². The third kappa shape index (κ3) is 4.04. The van der Waals surface area contributed by atoms with Crippen LogP contribution in [0.15, 0.2) is 4.99 Å². The first kappa shape index (κ1) is 14.0. The van der Waals surface area contributed by atoms with E-state index in [0.717, 1.165) is 0 Å². The summed E-state index contributed by atoms with van der Waals surface area (Å²) in [4.78, 5) is 27.9. The number of hydrogen-bond donors (Lipinski definition) is 0. The maximum absolute atomic E-state index is 11.8. The van der Waals surface area contributed by atoms with E-state index in [2.05, 4.69) is 4.99 Å². The Kier molecular flexibility index (Phi) is 4.57. The van der Waals surface area contributed by atoms with E-state index in [1.54, 1.807) is 7.11 Å². The highest BCUT2D eigenvalue weighted by atomic mass is 16.5. The Balaban J connectivity index is 2.66. The number of aliphatic imine (C=N–C) groups is 1. The van der Waals surface area contributed by atoms with Crippen LogP contribution in [0.2, 0.25) is 0 Å². The average Bonchev–Trinajstić information content (AvgIpc) is 2.14. The third-order valence-corrected chi connectivity index (χ3v) is 2.90. The lowest BCUT2D eigenvalue weighted by Crippen LogP contribution is -2.38. The molecule has 0 aromatic rings. The molecule has 1 fully saturated rings. The molecule has 1 aliphatic carbocycles. The molecular weight excluding hydrogens is 218 g/mol. The number of carbonyl (C=O) groups excluding carboxylic acids is 2. The molecule has 0 N–H and O–H groups in total. The van der Waals surface area contributed by atoms with Crippen molar-refractivity contribution in [3.8, 4) is 0 Å². The fourth-order valence-corrected chi connectivity index (χ4v) is 2.09. The average molecular weight is 239 g/mol. The van der Waals surface area contributed by atoms with Crippen molar-refractivity contribution in [3.63, 3.8) is 0 Å². The summed E-state index contributed by atoms with van der Waals surface area (Å²) in [5.74, 6) is -0.665. The Hall–Kier alpha value is -1.03. The molecule has 4 heteroatoms. The van der Waals surface area contributed by atoms with E-state index in [9.17, 15) is 9.59 Å². The second kappa shape index (κ2) is 5.54. The topological polar surface area (TPSA) is 55.7 Å². The van der Waals surface area contributed by atoms with Gasteiger partial charge in [0.15, 0.2) is 0 Å². The van der Waals surface area contributed by atoms with Crippen molar-refractivity contribution in [1.29, 1.82) is 0 Å². The lowest BCUT2D eigenvalue weighted by molar-refractivity contribution is -0.136. The fraction of sp³-hybridized carbons (Fsp3) is 0.769. The van der Waals surface area contributed by atoms with E-state index >= 15 is 0 Å². The number of carbonyl (C=O) groups is 2. The molecule has 4 nitrogen and oxygen atoms in total. The minimum absolute atomic E-state index is 0.0142. The summed E-state index contributed by atoms with van der Waals surface area (Å²) in [5, 5.41) is 0. The van der Waals surface area contributed by atoms with Crippen LogP contribution in [-0.2, 0) is 14.3 Å². The van der Waals surface area contributed by atoms with Crippen LogP contribution in [0.3, 0.4) is 0 Å². The van der Waals surface area contributed by atoms with E-state index in [0.29, 0.717) is 19.4 Å². The van der Waals surface area contributed by atoms with Crippen molar-refractivity contribution in [2.75, 3.05) is 13.7 Å². The summed E-state index contributed by atoms with van der Waals surface area (Å²) in [7, 11) is 1.60. The first-order valence-electron chi connectivity index (χ1n) is 5.93. The van der Waals surface area contributed by atoms with Crippen LogP contribution in [0, 0.1) is 11.3 Å². The quantitative estimate of drug-likeness (QED) is 0.554. The summed E-state index contributed by atoms with van der Waals surface area (Å²) in [6.45, 7) is 6.28. The van der Waals surface area contributed by atoms with Crippen LogP contribution in [0.5, 0.6) is 0 Å². The zero-order valence-corrected chi connectivity index (χ0v) is 11.0. The van der Waals surface area contributed by atoms with Crippen molar-refractivity contribution in [1.82, 2.24) is 0 Å². The van der Waals surface area contributed by atoms with Crippen molar-refractivity contribution in [2.24, 2.45) is 16.3 Å². The smallest absolute Gasteiger partial charge is 0.149 e. The maximum atomic E-state index is 11.8. The molecule has 1 aliphatic rings. The highest BCUT2D eigenvalue weighted by Crippen LogP contribution is 2.33. The Labute approximate surface area is 102 Å². The normalized spacial score (nSPS) is 23.3. The molecule has 0 amide bonds. The minimum Gasteiger partial charge on any atom is -0.382 e. The van der Waals surface area contributed by atoms with E-state index in [-0.39, 0.29) is 23.0 Å². The van der Waals surface area contributed by atoms with Gasteiger partial charge in [-0.05, 0) is 12.3 Å². The molecule has 1 rings (SSSR count). The molecule has 0 heterocycles. The predicted molar refractivity (Wildman–Crippen MR) is 66.3 cm³/mol. The van der Waals surface area contributed by atoms with Gasteiger partial charge in [-0.2, -0.15) is 0 Å². The molecule has 0 bridgehead atoms. The predicted octanol–water partition coefficient (Wildman–Crippen LogP) is 1.67. The van der Waals surface area contributed by atoms with Crippen molar-refractivity contribution >= 4 is 17.8 Å². The molecule has 0 aromatic heterocycles. The number of rotatable bonds is 4. The lowest BCUT2D eigenvalue weighted by Gasteiger charge is -2.30. The Bertz CT molecular complexity index is 314. The van der Waals surface area contributed by atoms with Gasteiger partial charge in [0.05, 0.1) is 12.6 Å². The van der Waals surface area contributed by atoms with Gasteiger partial charge >= 0.3 is 0 Å². The van der Waals surface area contributed by atoms with Crippen LogP contribution in [0.25, 0.3) is 0 Å². The van der Waals surface area contributed by atoms with Crippen LogP contribution >= 0.6 is 0 Å². The largest absolute Gasteiger partial charge is 0.382 e. The van der Waals surface area contributed by atoms with Gasteiger partial charge in [-0.3, -0.25) is 14.6 Å². The molecule has 96 valence electrons. The van der Waals surface area contributed by atoms with E-state index in [1.165, 1.54) is 6.21 Å². The van der Waals surface area contributed by atoms with E-state index in [1.807, 2.05) is 20.8 Å². The Morgan fingerprint density at radius 2 is 1.94 bits per heavy atom. The summed E-state index contributed by atoms with van der Waals surface area (Å²) >= 11 is 0. The molecule has 0 aromatic carbocycles. The molecule has 0 unspecified atom stereocenters. The van der Waals surface area contributed by atoms with Crippen LogP contribution in [0.4, 0.5) is 0 Å². The second-order valence-electron chi connectivity index (χ2n) is 5.53. The molecule has 0 aliphatic heterocycles. The van der Waals surface area contributed by atoms with Gasteiger partial charge in [0.1, 0.15) is 17.5 Å². The van der Waals surface area contributed by atoms with Gasteiger partial charge in [-0.1, -0.05) is 13.8 Å². The van der Waals surface area contributed by atoms with Gasteiger partial charge in [-0.15, -0.1) is 0 Å². The van der Waals surface area contributed by atoms with Crippen molar-refractivity contribution in [3.05, 3.63) is 0 Å². The van der Waals surface area contributed by atoms with Crippen LogP contribution in [-0.4, -0.2) is 37.5 Å². The summed E-state index contributed by atoms with van der Waals surface area (Å²) < 4.78 is 4.95. The standard InChI is InChI=1S/C13H21NO3/c1-9(8-17-4)14-7-10-11(15)5-13(2,3)6-12(10)16/h7,9-10H,5-6,8H2,1-4H3/t9-/m0/s1. The summed E-state index contributed by atoms with van der Waals surface area (Å²) in [6, 6.07) is -0.0180. The lowest BCUT2D eigenvalue weighted by atomic mass is 9.72. The van der Waals surface area contributed by atoms with Gasteiger partial charge in [0.25, 0.3) is 0 Å². The van der Waals surface area contributed by atoms with Crippen LogP contribution < -0.4 is 0 Å². The number of methoxy groups -OCH3 is 1. The van der Waals surface area contributed by atoms with Crippen molar-refractivity contribution in [2.45, 2.75) is 39.7 Å². The third-order valence-electron chi connectivity index (χ3n) is 2.90. The van der Waals surface area contributed by atoms with Crippen LogP contribution in [0.1, 0.15) is 33.6 Å². The number of ether oxygens (including phenoxy) is 1. The Morgan fingerprint density at radius 3 is 2.41 bits per heavy atom. The Morgan fingerprint density at radius 1 is 1.41 bits per heavy atom. The maximum Gasteiger partial charge on any atom is 0.149 e. The van der Waals surface area contributed by atoms with Gasteiger partial charge in [0, 0.05) is 26.2 Å². The zero-order chi connectivity index (χ0) is 13.1. The molecule has 1 atom stereocenters. The number of Topliss-reactive ketones (excluding diaryl/α,β-unsaturated/α-hetero) is 2. The highest BCUT2D eigenvalue weighted by molar-refractivity contribution is 6.16. The van der Waals surface area contributed by atoms with E-state index in [4.69, 9.17) is 4.74 Å². The number of ketones is 2. The summed E-state index contributed by atoms with van der Waals surface area (Å²) in [6.07, 6.45) is 2.41. The SMILES string of the molecule is COC[C@H](C)N=CC1C(=O)CC(C)(C)CC1=O. The molecule has 0 saturated heterocycles. The monoisotopic (exact) mass is 239 g/mol. The van der Waals surface area contributed by atoms with Gasteiger partial charge in [0.2, 0.25) is 0 Å². The summed E-state index contributed by atoms with van der Waals surface area (Å²) in [5.41, 5.74) is -0.198. The molecule has 0 radical (unpaired) electrons. The fourth-order valence-electron chi connectivity index (χ4n) is 2.09. The minimum atomic E-state index is -0.637. The van der Waals surface area contributed by atoms with Crippen molar-refractivity contribution < 1.29 is 14.3 Å². The number of nitrogens with zero attached hydrogens (tertiary/aromatic N) is 1. The zero-order valence-electron chi connectivity index (χ0n) is 11.0. The first-order chi connectivity index (χ1) is 7.85. The second-order valence-corrected chi connectivity index (χ2v) is 5.53.